The molecule has 2 rings (SSSR count). The minimum atomic E-state index is -3.67. The summed E-state index contributed by atoms with van der Waals surface area (Å²) in [5.41, 5.74) is 1.44. The molecular weight excluding hydrogens is 484 g/mol. The van der Waals surface area contributed by atoms with Crippen molar-refractivity contribution in [2.24, 2.45) is 0 Å². The lowest BCUT2D eigenvalue weighted by atomic mass is 10.1. The van der Waals surface area contributed by atoms with Gasteiger partial charge < -0.3 is 23.5 Å². The Hall–Kier alpha value is -2.91. The highest BCUT2D eigenvalue weighted by Gasteiger charge is 2.12. The van der Waals surface area contributed by atoms with Crippen LogP contribution in [0.5, 0.6) is 17.2 Å². The molecule has 10 heteroatoms. The summed E-state index contributed by atoms with van der Waals surface area (Å²) in [6.45, 7) is 4.81. The monoisotopic (exact) mass is 512 g/mol. The van der Waals surface area contributed by atoms with Crippen molar-refractivity contribution in [2.75, 3.05) is 26.1 Å². The zero-order chi connectivity index (χ0) is 25.1. The lowest BCUT2D eigenvalue weighted by molar-refractivity contribution is -0.136. The smallest absolute Gasteiger partial charge is 0.371 e. The Bertz CT molecular complexity index is 1110. The second-order valence-electron chi connectivity index (χ2n) is 7.31. The van der Waals surface area contributed by atoms with E-state index in [1.54, 1.807) is 37.3 Å². The van der Waals surface area contributed by atoms with E-state index in [1.807, 2.05) is 0 Å². The van der Waals surface area contributed by atoms with Gasteiger partial charge >= 0.3 is 16.1 Å². The summed E-state index contributed by atoms with van der Waals surface area (Å²) in [7, 11) is -3.67. The number of benzene rings is 2. The van der Waals surface area contributed by atoms with Crippen LogP contribution in [0.15, 0.2) is 42.2 Å². The van der Waals surface area contributed by atoms with Gasteiger partial charge in [-0.2, -0.15) is 8.42 Å². The number of aliphatic carboxylic acids is 1. The minimum absolute atomic E-state index is 0.0665. The molecule has 2 aromatic rings. The van der Waals surface area contributed by atoms with Crippen molar-refractivity contribution < 1.29 is 36.7 Å². The molecular formula is C24H29ClO8S. The quantitative estimate of drug-likeness (QED) is 0.164. The van der Waals surface area contributed by atoms with Crippen LogP contribution in [0.1, 0.15) is 37.8 Å². The Morgan fingerprint density at radius 1 is 1.03 bits per heavy atom. The first kappa shape index (κ1) is 27.3. The van der Waals surface area contributed by atoms with Crippen molar-refractivity contribution in [1.29, 1.82) is 0 Å². The van der Waals surface area contributed by atoms with Crippen LogP contribution in [0.3, 0.4) is 0 Å². The minimum Gasteiger partial charge on any atom is -0.490 e. The van der Waals surface area contributed by atoms with Crippen LogP contribution in [-0.2, 0) is 26.1 Å². The summed E-state index contributed by atoms with van der Waals surface area (Å²) in [6.07, 6.45) is 4.71. The maximum atomic E-state index is 11.3. The maximum absolute atomic E-state index is 11.3. The van der Waals surface area contributed by atoms with Crippen LogP contribution in [0.25, 0.3) is 6.08 Å². The number of unbranched alkanes of at least 4 members (excludes halogenated alkanes) is 1. The van der Waals surface area contributed by atoms with Gasteiger partial charge in [0.2, 0.25) is 5.76 Å². The first-order valence-electron chi connectivity index (χ1n) is 10.8. The Morgan fingerprint density at radius 3 is 2.35 bits per heavy atom. The second kappa shape index (κ2) is 13.1. The van der Waals surface area contributed by atoms with Gasteiger partial charge in [-0.05, 0) is 54.8 Å². The number of carboxylic acid groups (broad SMARTS) is 1. The summed E-state index contributed by atoms with van der Waals surface area (Å²) in [5, 5.41) is 9.47. The van der Waals surface area contributed by atoms with E-state index in [0.29, 0.717) is 36.7 Å². The van der Waals surface area contributed by atoms with E-state index in [2.05, 4.69) is 6.92 Å². The van der Waals surface area contributed by atoms with Gasteiger partial charge in [-0.15, -0.1) is 0 Å². The van der Waals surface area contributed by atoms with Crippen LogP contribution in [-0.4, -0.2) is 45.6 Å². The van der Waals surface area contributed by atoms with Crippen LogP contribution >= 0.6 is 11.6 Å². The van der Waals surface area contributed by atoms with E-state index in [-0.39, 0.29) is 23.1 Å². The first-order chi connectivity index (χ1) is 16.1. The molecule has 34 heavy (non-hydrogen) atoms. The second-order valence-corrected chi connectivity index (χ2v) is 9.29. The lowest BCUT2D eigenvalue weighted by Gasteiger charge is -2.14. The van der Waals surface area contributed by atoms with Crippen LogP contribution in [0.2, 0.25) is 5.02 Å². The third-order valence-corrected chi connectivity index (χ3v) is 5.20. The predicted molar refractivity (Wildman–Crippen MR) is 130 cm³/mol. The zero-order valence-corrected chi connectivity index (χ0v) is 20.9. The molecule has 0 unspecified atom stereocenters. The van der Waals surface area contributed by atoms with E-state index < -0.39 is 16.1 Å². The highest BCUT2D eigenvalue weighted by Crippen LogP contribution is 2.31. The fraction of sp³-hybridized carbons (Fsp3) is 0.375. The van der Waals surface area contributed by atoms with Crippen LogP contribution in [0, 0.1) is 0 Å². The SMILES string of the molecule is CCCCOc1cc(/C=C(/OCC)C(=O)O)ccc1OCCc1ccc(OS(C)(=O)=O)c(Cl)c1. The van der Waals surface area contributed by atoms with E-state index >= 15 is 0 Å². The van der Waals surface area contributed by atoms with Crippen molar-refractivity contribution >= 4 is 33.8 Å². The highest BCUT2D eigenvalue weighted by atomic mass is 35.5. The average molecular weight is 513 g/mol. The summed E-state index contributed by atoms with van der Waals surface area (Å²) in [6, 6.07) is 9.98. The molecule has 0 aliphatic carbocycles. The van der Waals surface area contributed by atoms with Gasteiger partial charge in [0.1, 0.15) is 0 Å². The van der Waals surface area contributed by atoms with E-state index in [9.17, 15) is 18.3 Å². The van der Waals surface area contributed by atoms with Gasteiger partial charge in [0.25, 0.3) is 0 Å². The predicted octanol–water partition coefficient (Wildman–Crippen LogP) is 4.94. The number of hydrogen-bond donors (Lipinski definition) is 1. The van der Waals surface area contributed by atoms with E-state index in [4.69, 9.17) is 30.0 Å². The van der Waals surface area contributed by atoms with Gasteiger partial charge in [-0.25, -0.2) is 4.79 Å². The molecule has 0 heterocycles. The molecule has 0 aliphatic heterocycles. The third-order valence-electron chi connectivity index (χ3n) is 4.42. The lowest BCUT2D eigenvalue weighted by Crippen LogP contribution is -2.07. The molecule has 0 spiro atoms. The highest BCUT2D eigenvalue weighted by molar-refractivity contribution is 7.86. The molecule has 0 aromatic heterocycles. The molecule has 0 amide bonds. The Morgan fingerprint density at radius 2 is 1.74 bits per heavy atom. The Kier molecular flexibility index (Phi) is 10.5. The van der Waals surface area contributed by atoms with Crippen LogP contribution < -0.4 is 13.7 Å². The van der Waals surface area contributed by atoms with Gasteiger partial charge in [0, 0.05) is 6.42 Å². The summed E-state index contributed by atoms with van der Waals surface area (Å²) in [4.78, 5) is 11.3. The number of hydrogen-bond acceptors (Lipinski definition) is 7. The maximum Gasteiger partial charge on any atom is 0.371 e. The fourth-order valence-electron chi connectivity index (χ4n) is 2.85. The number of ether oxygens (including phenoxy) is 3. The summed E-state index contributed by atoms with van der Waals surface area (Å²) < 4.78 is 44.4. The Labute approximate surface area is 205 Å². The van der Waals surface area contributed by atoms with Gasteiger partial charge in [0.15, 0.2) is 17.2 Å². The first-order valence-corrected chi connectivity index (χ1v) is 13.0. The van der Waals surface area contributed by atoms with E-state index in [1.165, 1.54) is 12.1 Å². The van der Waals surface area contributed by atoms with Crippen molar-refractivity contribution in [2.45, 2.75) is 33.1 Å². The van der Waals surface area contributed by atoms with Gasteiger partial charge in [-0.1, -0.05) is 37.1 Å². The third kappa shape index (κ3) is 9.15. The zero-order valence-electron chi connectivity index (χ0n) is 19.4. The molecule has 8 nitrogen and oxygen atoms in total. The Balaban J connectivity index is 2.13. The van der Waals surface area contributed by atoms with E-state index in [0.717, 1.165) is 24.7 Å². The molecule has 186 valence electrons. The molecule has 0 bridgehead atoms. The normalized spacial score (nSPS) is 11.7. The fourth-order valence-corrected chi connectivity index (χ4v) is 3.61. The van der Waals surface area contributed by atoms with Crippen molar-refractivity contribution in [3.05, 3.63) is 58.3 Å². The van der Waals surface area contributed by atoms with Crippen molar-refractivity contribution in [1.82, 2.24) is 0 Å². The summed E-state index contributed by atoms with van der Waals surface area (Å²) in [5.74, 6) is -0.224. The van der Waals surface area contributed by atoms with Crippen molar-refractivity contribution in [3.8, 4) is 17.2 Å². The largest absolute Gasteiger partial charge is 0.490 e. The average Bonchev–Trinajstić information content (AvgIpc) is 2.76. The summed E-state index contributed by atoms with van der Waals surface area (Å²) >= 11 is 6.12. The molecule has 1 N–H and O–H groups in total. The molecule has 0 saturated heterocycles. The van der Waals surface area contributed by atoms with Gasteiger partial charge in [-0.3, -0.25) is 0 Å². The molecule has 0 saturated carbocycles. The number of halogens is 1. The molecule has 0 aliphatic rings. The standard InChI is InChI=1S/C24H29ClO8S/c1-4-6-12-31-22-15-18(16-23(24(26)27)30-5-2)8-10-21(22)32-13-11-17-7-9-20(19(25)14-17)33-34(3,28)29/h7-10,14-16H,4-6,11-13H2,1-3H3,(H,26,27)/b23-16+. The molecule has 2 aromatic carbocycles. The molecule has 0 fully saturated rings. The topological polar surface area (TPSA) is 108 Å². The van der Waals surface area contributed by atoms with Gasteiger partial charge in [0.05, 0.1) is 31.1 Å². The molecule has 0 atom stereocenters. The number of carboxylic acids is 1. The number of rotatable bonds is 14. The molecule has 0 radical (unpaired) electrons. The number of carbonyl (C=O) groups is 1. The van der Waals surface area contributed by atoms with Crippen LogP contribution in [0.4, 0.5) is 0 Å². The van der Waals surface area contributed by atoms with Crippen molar-refractivity contribution in [3.63, 3.8) is 0 Å².